The molecule has 2 aromatic rings. The molecule has 0 fully saturated rings. The average Bonchev–Trinajstić information content (AvgIpc) is 2.39. The third-order valence-electron chi connectivity index (χ3n) is 2.70. The van der Waals surface area contributed by atoms with Gasteiger partial charge in [-0.2, -0.15) is 0 Å². The molecule has 4 heteroatoms. The summed E-state index contributed by atoms with van der Waals surface area (Å²) >= 11 is 3.39. The molecular formula is C14H15BrN2O. The second-order valence-corrected chi connectivity index (χ2v) is 5.03. The highest BCUT2D eigenvalue weighted by molar-refractivity contribution is 9.10. The van der Waals surface area contributed by atoms with Gasteiger partial charge in [-0.15, -0.1) is 0 Å². The standard InChI is InChI=1S/C14H15BrN2O/c1-10-2-3-11(8-16-10)14(9-18)17-13-6-4-12(15)5-7-13/h2-8,14,17-18H,9H2,1H3. The largest absolute Gasteiger partial charge is 0.394 e. The molecule has 2 N–H and O–H groups in total. The SMILES string of the molecule is Cc1ccc(C(CO)Nc2ccc(Br)cc2)cn1. The van der Waals surface area contributed by atoms with Crippen LogP contribution in [0, 0.1) is 6.92 Å². The minimum atomic E-state index is -0.140. The second kappa shape index (κ2) is 5.98. The first-order chi connectivity index (χ1) is 8.69. The van der Waals surface area contributed by atoms with Crippen molar-refractivity contribution < 1.29 is 5.11 Å². The average molecular weight is 307 g/mol. The van der Waals surface area contributed by atoms with E-state index < -0.39 is 0 Å². The van der Waals surface area contributed by atoms with Crippen molar-refractivity contribution in [1.82, 2.24) is 4.98 Å². The van der Waals surface area contributed by atoms with Crippen molar-refractivity contribution in [3.8, 4) is 0 Å². The van der Waals surface area contributed by atoms with Crippen molar-refractivity contribution in [3.63, 3.8) is 0 Å². The molecule has 3 nitrogen and oxygen atoms in total. The molecule has 1 aromatic heterocycles. The Hall–Kier alpha value is -1.39. The van der Waals surface area contributed by atoms with Crippen molar-refractivity contribution in [2.75, 3.05) is 11.9 Å². The Morgan fingerprint density at radius 3 is 2.50 bits per heavy atom. The number of rotatable bonds is 4. The van der Waals surface area contributed by atoms with Gasteiger partial charge in [0.1, 0.15) is 0 Å². The van der Waals surface area contributed by atoms with Gasteiger partial charge in [-0.25, -0.2) is 0 Å². The van der Waals surface area contributed by atoms with E-state index in [4.69, 9.17) is 0 Å². The van der Waals surface area contributed by atoms with Crippen LogP contribution in [-0.4, -0.2) is 16.7 Å². The smallest absolute Gasteiger partial charge is 0.0759 e. The molecular weight excluding hydrogens is 292 g/mol. The molecule has 0 aliphatic heterocycles. The lowest BCUT2D eigenvalue weighted by atomic mass is 10.1. The minimum absolute atomic E-state index is 0.0286. The minimum Gasteiger partial charge on any atom is -0.394 e. The zero-order valence-electron chi connectivity index (χ0n) is 10.1. The quantitative estimate of drug-likeness (QED) is 0.911. The highest BCUT2D eigenvalue weighted by Gasteiger charge is 2.10. The summed E-state index contributed by atoms with van der Waals surface area (Å²) in [6.07, 6.45) is 1.79. The number of aliphatic hydroxyl groups is 1. The Morgan fingerprint density at radius 2 is 1.94 bits per heavy atom. The van der Waals surface area contributed by atoms with Crippen molar-refractivity contribution >= 4 is 21.6 Å². The lowest BCUT2D eigenvalue weighted by Crippen LogP contribution is -2.15. The Labute approximate surface area is 115 Å². The van der Waals surface area contributed by atoms with Gasteiger partial charge < -0.3 is 10.4 Å². The molecule has 0 aliphatic rings. The lowest BCUT2D eigenvalue weighted by Gasteiger charge is -2.17. The monoisotopic (exact) mass is 306 g/mol. The molecule has 0 saturated carbocycles. The van der Waals surface area contributed by atoms with Crippen LogP contribution in [0.25, 0.3) is 0 Å². The lowest BCUT2D eigenvalue weighted by molar-refractivity contribution is 0.276. The summed E-state index contributed by atoms with van der Waals surface area (Å²) < 4.78 is 1.03. The number of hydrogen-bond donors (Lipinski definition) is 2. The Bertz CT molecular complexity index is 496. The molecule has 1 heterocycles. The zero-order chi connectivity index (χ0) is 13.0. The number of anilines is 1. The van der Waals surface area contributed by atoms with Crippen LogP contribution < -0.4 is 5.32 Å². The number of pyridine rings is 1. The van der Waals surface area contributed by atoms with Gasteiger partial charge in [-0.3, -0.25) is 4.98 Å². The van der Waals surface area contributed by atoms with Crippen molar-refractivity contribution in [2.45, 2.75) is 13.0 Å². The maximum Gasteiger partial charge on any atom is 0.0759 e. The fourth-order valence-corrected chi connectivity index (χ4v) is 1.93. The fraction of sp³-hybridized carbons (Fsp3) is 0.214. The summed E-state index contributed by atoms with van der Waals surface area (Å²) in [4.78, 5) is 4.25. The molecule has 0 radical (unpaired) electrons. The van der Waals surface area contributed by atoms with Crippen molar-refractivity contribution in [2.24, 2.45) is 0 Å². The van der Waals surface area contributed by atoms with E-state index in [1.54, 1.807) is 6.20 Å². The van der Waals surface area contributed by atoms with Crippen LogP contribution in [0.2, 0.25) is 0 Å². The molecule has 0 bridgehead atoms. The number of aliphatic hydroxyl groups excluding tert-OH is 1. The van der Waals surface area contributed by atoms with Crippen molar-refractivity contribution in [1.29, 1.82) is 0 Å². The third-order valence-corrected chi connectivity index (χ3v) is 3.23. The van der Waals surface area contributed by atoms with Gasteiger partial charge >= 0.3 is 0 Å². The molecule has 1 aromatic carbocycles. The Balaban J connectivity index is 2.14. The Kier molecular flexibility index (Phi) is 4.33. The summed E-state index contributed by atoms with van der Waals surface area (Å²) in [6.45, 7) is 1.97. The molecule has 0 aliphatic carbocycles. The first kappa shape index (κ1) is 13.1. The molecule has 94 valence electrons. The number of hydrogen-bond acceptors (Lipinski definition) is 3. The van der Waals surface area contributed by atoms with Gasteiger partial charge in [-0.1, -0.05) is 22.0 Å². The molecule has 2 rings (SSSR count). The van der Waals surface area contributed by atoms with Crippen LogP contribution in [-0.2, 0) is 0 Å². The summed E-state index contributed by atoms with van der Waals surface area (Å²) in [6, 6.07) is 11.6. The van der Waals surface area contributed by atoms with Crippen molar-refractivity contribution in [3.05, 3.63) is 58.3 Å². The number of halogens is 1. The van der Waals surface area contributed by atoms with Gasteiger partial charge in [0, 0.05) is 22.1 Å². The molecule has 0 saturated heterocycles. The van der Waals surface area contributed by atoms with E-state index in [0.717, 1.165) is 21.4 Å². The number of aromatic nitrogens is 1. The third kappa shape index (κ3) is 3.31. The van der Waals surface area contributed by atoms with Gasteiger partial charge in [0.25, 0.3) is 0 Å². The van der Waals surface area contributed by atoms with E-state index in [1.807, 2.05) is 43.3 Å². The number of benzene rings is 1. The fourth-order valence-electron chi connectivity index (χ4n) is 1.67. The number of aryl methyl sites for hydroxylation is 1. The summed E-state index contributed by atoms with van der Waals surface area (Å²) in [7, 11) is 0. The molecule has 1 unspecified atom stereocenters. The summed E-state index contributed by atoms with van der Waals surface area (Å²) in [5.74, 6) is 0. The van der Waals surface area contributed by atoms with Crippen LogP contribution in [0.1, 0.15) is 17.3 Å². The van der Waals surface area contributed by atoms with E-state index in [-0.39, 0.29) is 12.6 Å². The van der Waals surface area contributed by atoms with Gasteiger partial charge in [0.15, 0.2) is 0 Å². The van der Waals surface area contributed by atoms with Gasteiger partial charge in [-0.05, 0) is 42.8 Å². The maximum absolute atomic E-state index is 9.47. The first-order valence-corrected chi connectivity index (χ1v) is 6.54. The predicted octanol–water partition coefficient (Wildman–Crippen LogP) is 3.30. The maximum atomic E-state index is 9.47. The Morgan fingerprint density at radius 1 is 1.22 bits per heavy atom. The highest BCUT2D eigenvalue weighted by Crippen LogP contribution is 2.20. The molecule has 0 amide bonds. The molecule has 1 atom stereocenters. The normalized spacial score (nSPS) is 12.2. The topological polar surface area (TPSA) is 45.1 Å². The van der Waals surface area contributed by atoms with E-state index in [9.17, 15) is 5.11 Å². The zero-order valence-corrected chi connectivity index (χ0v) is 11.7. The van der Waals surface area contributed by atoms with Crippen LogP contribution >= 0.6 is 15.9 Å². The first-order valence-electron chi connectivity index (χ1n) is 5.74. The predicted molar refractivity (Wildman–Crippen MR) is 76.6 cm³/mol. The second-order valence-electron chi connectivity index (χ2n) is 4.12. The van der Waals surface area contributed by atoms with Crippen LogP contribution in [0.4, 0.5) is 5.69 Å². The summed E-state index contributed by atoms with van der Waals surface area (Å²) in [5, 5.41) is 12.7. The van der Waals surface area contributed by atoms with Crippen LogP contribution in [0.15, 0.2) is 47.1 Å². The van der Waals surface area contributed by atoms with E-state index in [0.29, 0.717) is 0 Å². The van der Waals surface area contributed by atoms with Crippen LogP contribution in [0.3, 0.4) is 0 Å². The van der Waals surface area contributed by atoms with E-state index >= 15 is 0 Å². The van der Waals surface area contributed by atoms with Crippen LogP contribution in [0.5, 0.6) is 0 Å². The summed E-state index contributed by atoms with van der Waals surface area (Å²) in [5.41, 5.74) is 2.92. The molecule has 0 spiro atoms. The number of nitrogens with zero attached hydrogens (tertiary/aromatic N) is 1. The van der Waals surface area contributed by atoms with E-state index in [2.05, 4.69) is 26.2 Å². The van der Waals surface area contributed by atoms with Gasteiger partial charge in [0.05, 0.1) is 12.6 Å². The van der Waals surface area contributed by atoms with Gasteiger partial charge in [0.2, 0.25) is 0 Å². The highest BCUT2D eigenvalue weighted by atomic mass is 79.9. The number of nitrogens with one attached hydrogen (secondary N) is 1. The van der Waals surface area contributed by atoms with E-state index in [1.165, 1.54) is 0 Å². The molecule has 18 heavy (non-hydrogen) atoms.